The molecule has 18 heavy (non-hydrogen) atoms. The number of aromatic nitrogens is 2. The van der Waals surface area contributed by atoms with Gasteiger partial charge in [0.25, 0.3) is 0 Å². The molecule has 0 spiro atoms. The molecule has 94 valence electrons. The lowest BCUT2D eigenvalue weighted by atomic mass is 10.2. The zero-order chi connectivity index (χ0) is 13.1. The lowest BCUT2D eigenvalue weighted by Crippen LogP contribution is -2.34. The van der Waals surface area contributed by atoms with Gasteiger partial charge in [-0.25, -0.2) is 14.4 Å². The van der Waals surface area contributed by atoms with Gasteiger partial charge in [-0.3, -0.25) is 4.79 Å². The van der Waals surface area contributed by atoms with Crippen molar-refractivity contribution in [3.8, 4) is 0 Å². The fourth-order valence-corrected chi connectivity index (χ4v) is 1.81. The number of likely N-dealkylation sites (N-methyl/N-ethyl adjacent to an activating group) is 1. The second kappa shape index (κ2) is 4.95. The summed E-state index contributed by atoms with van der Waals surface area (Å²) in [5, 5.41) is 0.570. The molecule has 0 atom stereocenters. The number of carbonyl (C=O) groups excluding carboxylic acids is 1. The van der Waals surface area contributed by atoms with Crippen molar-refractivity contribution in [1.29, 1.82) is 0 Å². The van der Waals surface area contributed by atoms with Crippen LogP contribution in [0.25, 0.3) is 10.9 Å². The van der Waals surface area contributed by atoms with Gasteiger partial charge in [-0.15, -0.1) is 0 Å². The molecular weight excluding hydrogens is 235 g/mol. The highest BCUT2D eigenvalue weighted by Crippen LogP contribution is 2.24. The molecule has 1 heterocycles. The van der Waals surface area contributed by atoms with Gasteiger partial charge in [0, 0.05) is 11.9 Å². The Labute approximate surface area is 103 Å². The first-order chi connectivity index (χ1) is 8.63. The van der Waals surface area contributed by atoms with E-state index in [4.69, 9.17) is 5.73 Å². The Morgan fingerprint density at radius 1 is 1.44 bits per heavy atom. The van der Waals surface area contributed by atoms with E-state index >= 15 is 0 Å². The van der Waals surface area contributed by atoms with E-state index in [0.29, 0.717) is 17.7 Å². The molecule has 2 aromatic rings. The Balaban J connectivity index is 2.56. The third kappa shape index (κ3) is 2.22. The van der Waals surface area contributed by atoms with Crippen LogP contribution in [-0.4, -0.2) is 29.0 Å². The zero-order valence-electron chi connectivity index (χ0n) is 9.93. The van der Waals surface area contributed by atoms with Gasteiger partial charge in [0.1, 0.15) is 23.5 Å². The third-order valence-electron chi connectivity index (χ3n) is 2.62. The van der Waals surface area contributed by atoms with Gasteiger partial charge in [-0.05, 0) is 19.1 Å². The number of primary amides is 1. The van der Waals surface area contributed by atoms with Crippen molar-refractivity contribution in [3.05, 3.63) is 30.3 Å². The van der Waals surface area contributed by atoms with E-state index in [1.807, 2.05) is 6.92 Å². The predicted molar refractivity (Wildman–Crippen MR) is 66.6 cm³/mol. The number of nitrogens with zero attached hydrogens (tertiary/aromatic N) is 3. The van der Waals surface area contributed by atoms with Crippen LogP contribution in [0.5, 0.6) is 0 Å². The number of halogens is 1. The number of rotatable bonds is 4. The summed E-state index contributed by atoms with van der Waals surface area (Å²) >= 11 is 0. The maximum atomic E-state index is 13.6. The van der Waals surface area contributed by atoms with Crippen molar-refractivity contribution in [2.45, 2.75) is 6.92 Å². The summed E-state index contributed by atoms with van der Waals surface area (Å²) in [6.07, 6.45) is 1.28. The highest BCUT2D eigenvalue weighted by Gasteiger charge is 2.14. The number of anilines is 1. The summed E-state index contributed by atoms with van der Waals surface area (Å²) in [6, 6.07) is 4.64. The average Bonchev–Trinajstić information content (AvgIpc) is 2.36. The fourth-order valence-electron chi connectivity index (χ4n) is 1.81. The normalized spacial score (nSPS) is 10.6. The van der Waals surface area contributed by atoms with E-state index < -0.39 is 11.7 Å². The number of hydrogen-bond acceptors (Lipinski definition) is 4. The van der Waals surface area contributed by atoms with Crippen molar-refractivity contribution >= 4 is 22.6 Å². The number of fused-ring (bicyclic) bond motifs is 1. The molecule has 1 amide bonds. The molecule has 0 saturated carbocycles. The van der Waals surface area contributed by atoms with E-state index in [9.17, 15) is 9.18 Å². The summed E-state index contributed by atoms with van der Waals surface area (Å²) in [5.74, 6) is -0.355. The summed E-state index contributed by atoms with van der Waals surface area (Å²) in [7, 11) is 0. The van der Waals surface area contributed by atoms with E-state index in [-0.39, 0.29) is 12.1 Å². The average molecular weight is 248 g/mol. The SMILES string of the molecule is CCN(CC(N)=O)c1ncnc2c(F)cccc12. The van der Waals surface area contributed by atoms with E-state index in [0.717, 1.165) is 0 Å². The van der Waals surface area contributed by atoms with Crippen LogP contribution in [0.15, 0.2) is 24.5 Å². The minimum atomic E-state index is -0.458. The number of amides is 1. The smallest absolute Gasteiger partial charge is 0.236 e. The van der Waals surface area contributed by atoms with E-state index in [1.165, 1.54) is 12.4 Å². The summed E-state index contributed by atoms with van der Waals surface area (Å²) in [4.78, 5) is 20.7. The molecule has 0 aliphatic rings. The molecule has 0 saturated heterocycles. The zero-order valence-corrected chi connectivity index (χ0v) is 9.93. The number of carbonyl (C=O) groups is 1. The van der Waals surface area contributed by atoms with Crippen LogP contribution in [0.3, 0.4) is 0 Å². The largest absolute Gasteiger partial charge is 0.368 e. The molecule has 0 fully saturated rings. The second-order valence-electron chi connectivity index (χ2n) is 3.81. The van der Waals surface area contributed by atoms with Crippen LogP contribution in [0.4, 0.5) is 10.2 Å². The third-order valence-corrected chi connectivity index (χ3v) is 2.62. The maximum Gasteiger partial charge on any atom is 0.236 e. The van der Waals surface area contributed by atoms with Gasteiger partial charge in [0.05, 0.1) is 6.54 Å². The minimum Gasteiger partial charge on any atom is -0.368 e. The fraction of sp³-hybridized carbons (Fsp3) is 0.250. The Hall–Kier alpha value is -2.24. The lowest BCUT2D eigenvalue weighted by Gasteiger charge is -2.21. The number of hydrogen-bond donors (Lipinski definition) is 1. The van der Waals surface area contributed by atoms with Gasteiger partial charge in [0.15, 0.2) is 0 Å². The molecule has 0 aliphatic carbocycles. The predicted octanol–water partition coefficient (Wildman–Crippen LogP) is 1.08. The standard InChI is InChI=1S/C12H13FN4O/c1-2-17(6-10(14)18)12-8-4-3-5-9(13)11(8)15-7-16-12/h3-5,7H,2,6H2,1H3,(H2,14,18). The quantitative estimate of drug-likeness (QED) is 0.878. The molecule has 1 aromatic carbocycles. The first-order valence-electron chi connectivity index (χ1n) is 5.56. The van der Waals surface area contributed by atoms with Crippen LogP contribution in [0.1, 0.15) is 6.92 Å². The van der Waals surface area contributed by atoms with Gasteiger partial charge in [-0.2, -0.15) is 0 Å². The van der Waals surface area contributed by atoms with Gasteiger partial charge in [0.2, 0.25) is 5.91 Å². The van der Waals surface area contributed by atoms with Crippen LogP contribution in [-0.2, 0) is 4.79 Å². The summed E-state index contributed by atoms with van der Waals surface area (Å²) in [6.45, 7) is 2.46. The Kier molecular flexibility index (Phi) is 3.36. The highest BCUT2D eigenvalue weighted by atomic mass is 19.1. The van der Waals surface area contributed by atoms with Gasteiger partial charge < -0.3 is 10.6 Å². The first kappa shape index (κ1) is 12.2. The Morgan fingerprint density at radius 3 is 2.89 bits per heavy atom. The summed E-state index contributed by atoms with van der Waals surface area (Å²) < 4.78 is 13.6. The molecule has 0 unspecified atom stereocenters. The molecular formula is C12H13FN4O. The molecule has 0 radical (unpaired) electrons. The van der Waals surface area contributed by atoms with E-state index in [1.54, 1.807) is 17.0 Å². The first-order valence-corrected chi connectivity index (χ1v) is 5.56. The van der Waals surface area contributed by atoms with Crippen molar-refractivity contribution in [2.75, 3.05) is 18.0 Å². The molecule has 6 heteroatoms. The Bertz CT molecular complexity index is 587. The molecule has 1 aromatic heterocycles. The monoisotopic (exact) mass is 248 g/mol. The molecule has 0 aliphatic heterocycles. The molecule has 0 bridgehead atoms. The minimum absolute atomic E-state index is 0.0408. The van der Waals surface area contributed by atoms with Gasteiger partial charge in [-0.1, -0.05) is 6.07 Å². The maximum absolute atomic E-state index is 13.6. The summed E-state index contributed by atoms with van der Waals surface area (Å²) in [5.41, 5.74) is 5.42. The molecule has 2 rings (SSSR count). The van der Waals surface area contributed by atoms with Gasteiger partial charge >= 0.3 is 0 Å². The Morgan fingerprint density at radius 2 is 2.22 bits per heavy atom. The van der Waals surface area contributed by atoms with Crippen molar-refractivity contribution in [2.24, 2.45) is 5.73 Å². The van der Waals surface area contributed by atoms with E-state index in [2.05, 4.69) is 9.97 Å². The van der Waals surface area contributed by atoms with Crippen molar-refractivity contribution < 1.29 is 9.18 Å². The van der Waals surface area contributed by atoms with Crippen molar-refractivity contribution in [1.82, 2.24) is 9.97 Å². The number of para-hydroxylation sites is 1. The second-order valence-corrected chi connectivity index (χ2v) is 3.81. The topological polar surface area (TPSA) is 72.1 Å². The lowest BCUT2D eigenvalue weighted by molar-refractivity contribution is -0.116. The van der Waals surface area contributed by atoms with Crippen LogP contribution < -0.4 is 10.6 Å². The van der Waals surface area contributed by atoms with Crippen molar-refractivity contribution in [3.63, 3.8) is 0 Å². The number of nitrogens with two attached hydrogens (primary N) is 1. The highest BCUT2D eigenvalue weighted by molar-refractivity contribution is 5.91. The van der Waals surface area contributed by atoms with Crippen LogP contribution >= 0.6 is 0 Å². The molecule has 5 nitrogen and oxygen atoms in total. The number of benzene rings is 1. The molecule has 2 N–H and O–H groups in total. The van der Waals surface area contributed by atoms with Crippen LogP contribution in [0, 0.1) is 5.82 Å². The van der Waals surface area contributed by atoms with Crippen LogP contribution in [0.2, 0.25) is 0 Å².